The average Bonchev–Trinajstić information content (AvgIpc) is 2.50. The van der Waals surface area contributed by atoms with E-state index in [-0.39, 0.29) is 11.9 Å². The Morgan fingerprint density at radius 2 is 1.43 bits per heavy atom. The van der Waals surface area contributed by atoms with E-state index in [1.165, 1.54) is 0 Å². The molecule has 28 heavy (non-hydrogen) atoms. The van der Waals surface area contributed by atoms with Gasteiger partial charge in [0.1, 0.15) is 11.2 Å². The van der Waals surface area contributed by atoms with Gasteiger partial charge in [-0.05, 0) is 60.8 Å². The van der Waals surface area contributed by atoms with Crippen molar-refractivity contribution in [2.45, 2.75) is 97.8 Å². The van der Waals surface area contributed by atoms with Crippen molar-refractivity contribution in [2.24, 2.45) is 0 Å². The van der Waals surface area contributed by atoms with Gasteiger partial charge in [-0.25, -0.2) is 9.59 Å². The lowest BCUT2D eigenvalue weighted by atomic mass is 10.1. The van der Waals surface area contributed by atoms with E-state index >= 15 is 0 Å². The van der Waals surface area contributed by atoms with Crippen LogP contribution < -0.4 is 16.0 Å². The molecule has 0 aliphatic heterocycles. The van der Waals surface area contributed by atoms with Crippen LogP contribution in [-0.2, 0) is 14.3 Å². The molecule has 0 saturated heterocycles. The van der Waals surface area contributed by atoms with Crippen LogP contribution in [0.4, 0.5) is 9.59 Å². The second-order valence-corrected chi connectivity index (χ2v) is 8.82. The molecular formula is C20H39N3O5. The first-order chi connectivity index (χ1) is 12.8. The van der Waals surface area contributed by atoms with Gasteiger partial charge in [-0.3, -0.25) is 4.79 Å². The quantitative estimate of drug-likeness (QED) is 0.486. The highest BCUT2D eigenvalue weighted by Crippen LogP contribution is 2.08. The van der Waals surface area contributed by atoms with Gasteiger partial charge in [0.2, 0.25) is 5.91 Å². The van der Waals surface area contributed by atoms with E-state index in [0.717, 1.165) is 12.8 Å². The fourth-order valence-corrected chi connectivity index (χ4v) is 2.22. The third-order valence-electron chi connectivity index (χ3n) is 3.42. The number of ether oxygens (including phenoxy) is 2. The first-order valence-corrected chi connectivity index (χ1v) is 10.1. The molecule has 164 valence electrons. The first kappa shape index (κ1) is 26.0. The number of rotatable bonds is 10. The maximum absolute atomic E-state index is 12.0. The largest absolute Gasteiger partial charge is 0.444 e. The second kappa shape index (κ2) is 12.5. The molecule has 0 rings (SSSR count). The molecule has 0 aromatic rings. The molecule has 0 aliphatic carbocycles. The molecule has 0 bridgehead atoms. The van der Waals surface area contributed by atoms with Gasteiger partial charge in [0.15, 0.2) is 0 Å². The molecule has 0 aromatic heterocycles. The summed E-state index contributed by atoms with van der Waals surface area (Å²) < 4.78 is 10.5. The standard InChI is InChI=1S/C20H39N3O5/c1-8-9-12-16(24)22-14-15(23-18(26)28-20(5,6)7)11-10-13-21-17(25)27-19(2,3)4/h15H,8-14H2,1-7H3,(H,21,25)(H,22,24)(H,23,26)/t15-/m0/s1. The lowest BCUT2D eigenvalue weighted by Gasteiger charge is -2.24. The Morgan fingerprint density at radius 3 is 1.96 bits per heavy atom. The number of hydrogen-bond donors (Lipinski definition) is 3. The summed E-state index contributed by atoms with van der Waals surface area (Å²) in [6.45, 7) is 13.5. The summed E-state index contributed by atoms with van der Waals surface area (Å²) in [6.07, 6.45) is 2.43. The van der Waals surface area contributed by atoms with Crippen LogP contribution in [0.5, 0.6) is 0 Å². The zero-order chi connectivity index (χ0) is 21.8. The summed E-state index contributed by atoms with van der Waals surface area (Å²) in [5.41, 5.74) is -1.15. The predicted molar refractivity (Wildman–Crippen MR) is 109 cm³/mol. The Hall–Kier alpha value is -1.99. The van der Waals surface area contributed by atoms with E-state index in [1.54, 1.807) is 41.5 Å². The van der Waals surface area contributed by atoms with Crippen molar-refractivity contribution < 1.29 is 23.9 Å². The van der Waals surface area contributed by atoms with Crippen molar-refractivity contribution in [1.82, 2.24) is 16.0 Å². The van der Waals surface area contributed by atoms with Gasteiger partial charge in [0, 0.05) is 25.6 Å². The molecular weight excluding hydrogens is 362 g/mol. The second-order valence-electron chi connectivity index (χ2n) is 8.82. The summed E-state index contributed by atoms with van der Waals surface area (Å²) in [5.74, 6) is -0.0373. The van der Waals surface area contributed by atoms with Crippen molar-refractivity contribution in [3.63, 3.8) is 0 Å². The predicted octanol–water partition coefficient (Wildman–Crippen LogP) is 3.49. The van der Waals surface area contributed by atoms with Gasteiger partial charge in [0.05, 0.1) is 0 Å². The Morgan fingerprint density at radius 1 is 0.857 bits per heavy atom. The summed E-state index contributed by atoms with van der Waals surface area (Å²) >= 11 is 0. The Bertz CT molecular complexity index is 495. The molecule has 3 N–H and O–H groups in total. The van der Waals surface area contributed by atoms with Crippen LogP contribution in [-0.4, -0.2) is 48.4 Å². The highest BCUT2D eigenvalue weighted by Gasteiger charge is 2.20. The normalized spacial score (nSPS) is 12.7. The lowest BCUT2D eigenvalue weighted by Crippen LogP contribution is -2.45. The van der Waals surface area contributed by atoms with Gasteiger partial charge in [-0.15, -0.1) is 0 Å². The smallest absolute Gasteiger partial charge is 0.407 e. The van der Waals surface area contributed by atoms with E-state index in [1.807, 2.05) is 6.92 Å². The van der Waals surface area contributed by atoms with Crippen LogP contribution in [0.1, 0.15) is 80.6 Å². The van der Waals surface area contributed by atoms with E-state index in [2.05, 4.69) is 16.0 Å². The molecule has 0 aromatic carbocycles. The molecule has 8 heteroatoms. The minimum absolute atomic E-state index is 0.0373. The molecule has 3 amide bonds. The molecule has 1 atom stereocenters. The molecule has 0 unspecified atom stereocenters. The Balaban J connectivity index is 4.48. The van der Waals surface area contributed by atoms with Crippen LogP contribution >= 0.6 is 0 Å². The van der Waals surface area contributed by atoms with Crippen molar-refractivity contribution in [1.29, 1.82) is 0 Å². The van der Waals surface area contributed by atoms with Crippen LogP contribution in [0.25, 0.3) is 0 Å². The monoisotopic (exact) mass is 401 g/mol. The highest BCUT2D eigenvalue weighted by molar-refractivity contribution is 5.76. The van der Waals surface area contributed by atoms with E-state index < -0.39 is 23.4 Å². The Labute approximate surface area is 169 Å². The van der Waals surface area contributed by atoms with Crippen LogP contribution in [0.3, 0.4) is 0 Å². The summed E-state index contributed by atoms with van der Waals surface area (Å²) in [6, 6.07) is -0.291. The number of amides is 3. The fourth-order valence-electron chi connectivity index (χ4n) is 2.22. The number of hydrogen-bond acceptors (Lipinski definition) is 5. The van der Waals surface area contributed by atoms with E-state index in [9.17, 15) is 14.4 Å². The number of nitrogens with one attached hydrogen (secondary N) is 3. The molecule has 0 heterocycles. The minimum atomic E-state index is -0.600. The number of carbonyl (C=O) groups excluding carboxylic acids is 3. The third kappa shape index (κ3) is 16.2. The fraction of sp³-hybridized carbons (Fsp3) is 0.850. The maximum Gasteiger partial charge on any atom is 0.407 e. The van der Waals surface area contributed by atoms with Crippen LogP contribution in [0, 0.1) is 0 Å². The minimum Gasteiger partial charge on any atom is -0.444 e. The molecule has 0 spiro atoms. The lowest BCUT2D eigenvalue weighted by molar-refractivity contribution is -0.121. The van der Waals surface area contributed by atoms with Crippen LogP contribution in [0.15, 0.2) is 0 Å². The number of unbranched alkanes of at least 4 members (excludes halogenated alkanes) is 1. The third-order valence-corrected chi connectivity index (χ3v) is 3.42. The van der Waals surface area contributed by atoms with Crippen molar-refractivity contribution in [3.8, 4) is 0 Å². The van der Waals surface area contributed by atoms with Crippen molar-refractivity contribution in [2.75, 3.05) is 13.1 Å². The summed E-state index contributed by atoms with van der Waals surface area (Å²) in [7, 11) is 0. The van der Waals surface area contributed by atoms with Gasteiger partial charge in [0.25, 0.3) is 0 Å². The molecule has 0 aliphatic rings. The molecule has 0 saturated carbocycles. The first-order valence-electron chi connectivity index (χ1n) is 10.1. The van der Waals surface area contributed by atoms with E-state index in [4.69, 9.17) is 9.47 Å². The molecule has 0 radical (unpaired) electrons. The van der Waals surface area contributed by atoms with Gasteiger partial charge < -0.3 is 25.4 Å². The van der Waals surface area contributed by atoms with Gasteiger partial charge in [-0.2, -0.15) is 0 Å². The van der Waals surface area contributed by atoms with E-state index in [0.29, 0.717) is 32.4 Å². The maximum atomic E-state index is 12.0. The highest BCUT2D eigenvalue weighted by atomic mass is 16.6. The summed E-state index contributed by atoms with van der Waals surface area (Å²) in [5, 5.41) is 8.32. The van der Waals surface area contributed by atoms with Crippen molar-refractivity contribution in [3.05, 3.63) is 0 Å². The topological polar surface area (TPSA) is 106 Å². The molecule has 8 nitrogen and oxygen atoms in total. The zero-order valence-corrected chi connectivity index (χ0v) is 18.6. The number of alkyl carbamates (subject to hydrolysis) is 2. The molecule has 0 fully saturated rings. The van der Waals surface area contributed by atoms with Crippen molar-refractivity contribution >= 4 is 18.1 Å². The Kier molecular flexibility index (Phi) is 11.6. The zero-order valence-electron chi connectivity index (χ0n) is 18.6. The van der Waals surface area contributed by atoms with Gasteiger partial charge in [-0.1, -0.05) is 13.3 Å². The SMILES string of the molecule is CCCCC(=O)NC[C@H](CCCNC(=O)OC(C)(C)C)NC(=O)OC(C)(C)C. The number of carbonyl (C=O) groups is 3. The van der Waals surface area contributed by atoms with Gasteiger partial charge >= 0.3 is 12.2 Å². The average molecular weight is 402 g/mol. The summed E-state index contributed by atoms with van der Waals surface area (Å²) in [4.78, 5) is 35.6. The van der Waals surface area contributed by atoms with Crippen LogP contribution in [0.2, 0.25) is 0 Å².